The Hall–Kier alpha value is -14.0. The van der Waals surface area contributed by atoms with E-state index in [1.54, 1.807) is 41.9 Å². The first-order chi connectivity index (χ1) is 68.0. The van der Waals surface area contributed by atoms with Gasteiger partial charge in [0, 0.05) is 302 Å². The third-order valence-corrected chi connectivity index (χ3v) is 16.1. The van der Waals surface area contributed by atoms with Crippen LogP contribution in [0.25, 0.3) is 0 Å². The third-order valence-electron chi connectivity index (χ3n) is 16.1. The Morgan fingerprint density at radius 1 is 0.207 bits per heavy atom. The number of rotatable bonds is 45. The van der Waals surface area contributed by atoms with E-state index in [9.17, 15) is 147 Å². The standard InChI is InChI=1S/3C11H18N2O5.3C10H18N2O4.3C9H16N2O4.3Fe/c3*1-5-18-10(16)7-13(4)11(17)8(14)6-9(15)12(2)3;3*1-11(2)10(15)8(13)7-9(14)12(3)5-6-16-4;3*1-11(2)8(13)6-7(12)9(14)10-4-5-15-3;;;/h3*6,14H,5,7H2,1-4H3;3*7,13H,5-6H2,1-4H3;3*6,12H,4-5H2,1-3H3,(H,10,14);;;. The topological polar surface area (TPSA) is 708 Å². The van der Waals surface area contributed by atoms with E-state index in [-0.39, 0.29) is 110 Å². The second kappa shape index (κ2) is 94.7. The molecule has 0 aromatic heterocycles. The van der Waals surface area contributed by atoms with E-state index >= 15 is 0 Å². The first-order valence-electron chi connectivity index (χ1n) is 43.4. The van der Waals surface area contributed by atoms with Crippen molar-refractivity contribution in [3.05, 3.63) is 107 Å². The van der Waals surface area contributed by atoms with Gasteiger partial charge in [0.1, 0.15) is 19.6 Å². The van der Waals surface area contributed by atoms with E-state index in [0.717, 1.165) is 69.4 Å². The first-order valence-corrected chi connectivity index (χ1v) is 43.4. The maximum atomic E-state index is 11.6. The number of likely N-dealkylation sites (N-methyl/N-ethyl adjacent to an activating group) is 15. The van der Waals surface area contributed by atoms with E-state index in [1.807, 2.05) is 0 Å². The predicted molar refractivity (Wildman–Crippen MR) is 531 cm³/mol. The summed E-state index contributed by atoms with van der Waals surface area (Å²) in [4.78, 5) is 254. The number of carbonyl (C=O) groups excluding carboxylic acids is 21. The van der Waals surface area contributed by atoms with Gasteiger partial charge in [-0.2, -0.15) is 0 Å². The molecule has 18 amide bonds. The quantitative estimate of drug-likeness (QED) is 0.00681. The van der Waals surface area contributed by atoms with E-state index < -0.39 is 176 Å². The zero-order valence-electron chi connectivity index (χ0n) is 91.5. The Bertz CT molecular complexity index is 4040. The van der Waals surface area contributed by atoms with Crippen LogP contribution in [0.2, 0.25) is 0 Å². The molecule has 0 aliphatic heterocycles. The van der Waals surface area contributed by atoms with Gasteiger partial charge < -0.3 is 178 Å². The molecule has 0 saturated carbocycles. The third kappa shape index (κ3) is 86.1. The van der Waals surface area contributed by atoms with Crippen LogP contribution in [-0.2, 0) is 195 Å². The summed E-state index contributed by atoms with van der Waals surface area (Å²) in [5.74, 6) is -18.0. The van der Waals surface area contributed by atoms with Crippen molar-refractivity contribution in [2.24, 2.45) is 0 Å². The zero-order valence-corrected chi connectivity index (χ0v) is 94.8. The van der Waals surface area contributed by atoms with E-state index in [4.69, 9.17) is 28.4 Å². The van der Waals surface area contributed by atoms with Crippen LogP contribution >= 0.6 is 0 Å². The summed E-state index contributed by atoms with van der Waals surface area (Å²) in [6.07, 6.45) is 7.68. The van der Waals surface area contributed by atoms with Gasteiger partial charge in [-0.3, -0.25) is 101 Å². The second-order valence-electron chi connectivity index (χ2n) is 30.7. The van der Waals surface area contributed by atoms with Crippen LogP contribution in [0, 0.1) is 0 Å². The number of aliphatic hydroxyl groups excluding tert-OH is 9. The van der Waals surface area contributed by atoms with Gasteiger partial charge in [0.05, 0.1) is 114 Å². The van der Waals surface area contributed by atoms with Crippen molar-refractivity contribution in [3.63, 3.8) is 0 Å². The molecule has 0 aromatic carbocycles. The van der Waals surface area contributed by atoms with Crippen LogP contribution < -0.4 is 16.0 Å². The molecule has 150 heavy (non-hydrogen) atoms. The van der Waals surface area contributed by atoms with Gasteiger partial charge in [-0.15, -0.1) is 0 Å². The van der Waals surface area contributed by atoms with Crippen molar-refractivity contribution in [1.29, 1.82) is 0 Å². The molecule has 0 aliphatic rings. The summed E-state index contributed by atoms with van der Waals surface area (Å²) in [6, 6.07) is 0. The largest absolute Gasteiger partial charge is 0.503 e. The summed E-state index contributed by atoms with van der Waals surface area (Å²) in [5, 5.41) is 90.9. The van der Waals surface area contributed by atoms with Crippen LogP contribution in [0.1, 0.15) is 20.8 Å². The fourth-order valence-electron chi connectivity index (χ4n) is 7.50. The molecule has 0 radical (unpaired) electrons. The van der Waals surface area contributed by atoms with Crippen molar-refractivity contribution in [3.8, 4) is 0 Å². The molecule has 60 heteroatoms. The van der Waals surface area contributed by atoms with Crippen molar-refractivity contribution < 1.29 is 240 Å². The molecular formula is C90H156Fe3N18O39. The summed E-state index contributed by atoms with van der Waals surface area (Å²) < 4.78 is 42.5. The Labute approximate surface area is 906 Å². The molecule has 0 heterocycles. The summed E-state index contributed by atoms with van der Waals surface area (Å²) in [6.45, 7) is 8.98. The van der Waals surface area contributed by atoms with Gasteiger partial charge in [-0.25, -0.2) is 0 Å². The van der Waals surface area contributed by atoms with Gasteiger partial charge in [-0.05, 0) is 20.8 Å². The number of nitrogens with one attached hydrogen (secondary N) is 3. The average Bonchev–Trinajstić information content (AvgIpc) is 0.918. The number of hydrogen-bond acceptors (Lipinski definition) is 39. The molecule has 0 bridgehead atoms. The fourth-order valence-corrected chi connectivity index (χ4v) is 7.50. The Kier molecular flexibility index (Phi) is 102. The van der Waals surface area contributed by atoms with Crippen molar-refractivity contribution in [2.75, 3.05) is 330 Å². The summed E-state index contributed by atoms with van der Waals surface area (Å²) in [7, 11) is 44.7. The number of aliphatic hydroxyl groups is 9. The number of methoxy groups -OCH3 is 6. The second-order valence-corrected chi connectivity index (χ2v) is 30.7. The number of ether oxygens (including phenoxy) is 9. The summed E-state index contributed by atoms with van der Waals surface area (Å²) >= 11 is 0. The van der Waals surface area contributed by atoms with Gasteiger partial charge in [0.15, 0.2) is 51.8 Å². The fraction of sp³-hybridized carbons (Fsp3) is 0.567. The maximum Gasteiger partial charge on any atom is 0.325 e. The SMILES string of the molecule is CCOC(=O)CN(C)C(=O)C(O)=CC(=O)N(C)C.CCOC(=O)CN(C)C(=O)C(O)=CC(=O)N(C)C.CCOC(=O)CN(C)C(=O)C(O)=CC(=O)N(C)C.COCCN(C)C(=O)C=C(O)C(=O)N(C)C.COCCN(C)C(=O)C=C(O)C(=O)N(C)C.COCCN(C)C(=O)C=C(O)C(=O)N(C)C.COCCNC(=O)C(O)=CC(=O)N(C)C.COCCNC(=O)C(O)=CC(=O)N(C)C.COCCNC(=O)C(O)=CC(=O)N(C)C.[Fe].[Fe].[Fe]. The molecule has 12 N–H and O–H groups in total. The molecule has 57 nitrogen and oxygen atoms in total. The minimum absolute atomic E-state index is 0. The summed E-state index contributed by atoms with van der Waals surface area (Å²) in [5.41, 5.74) is 0. The van der Waals surface area contributed by atoms with E-state index in [2.05, 4.69) is 30.2 Å². The van der Waals surface area contributed by atoms with Crippen LogP contribution in [0.3, 0.4) is 0 Å². The molecule has 0 atom stereocenters. The molecule has 864 valence electrons. The molecule has 0 spiro atoms. The predicted octanol–water partition coefficient (Wildman–Crippen LogP) is -4.69. The van der Waals surface area contributed by atoms with Crippen LogP contribution in [0.4, 0.5) is 0 Å². The van der Waals surface area contributed by atoms with Gasteiger partial charge in [0.25, 0.3) is 53.2 Å². The monoisotopic (exact) mass is 2280 g/mol. The molecule has 0 aromatic rings. The van der Waals surface area contributed by atoms with Crippen molar-refractivity contribution in [1.82, 2.24) is 89.4 Å². The molecule has 0 aliphatic carbocycles. The number of carbonyl (C=O) groups is 21. The van der Waals surface area contributed by atoms with Gasteiger partial charge in [0.2, 0.25) is 53.2 Å². The Morgan fingerprint density at radius 2 is 0.353 bits per heavy atom. The Balaban J connectivity index is -0.000000143. The smallest absolute Gasteiger partial charge is 0.325 e. The molecule has 0 unspecified atom stereocenters. The van der Waals surface area contributed by atoms with Gasteiger partial charge in [-0.1, -0.05) is 0 Å². The maximum absolute atomic E-state index is 11.6. The average molecular weight is 2280 g/mol. The van der Waals surface area contributed by atoms with Crippen LogP contribution in [-0.4, -0.2) is 574 Å². The van der Waals surface area contributed by atoms with Gasteiger partial charge >= 0.3 is 17.9 Å². The number of nitrogens with zero attached hydrogens (tertiary/aromatic N) is 15. The molecule has 0 rings (SSSR count). The van der Waals surface area contributed by atoms with Crippen LogP contribution in [0.15, 0.2) is 107 Å². The van der Waals surface area contributed by atoms with Crippen molar-refractivity contribution in [2.45, 2.75) is 20.8 Å². The van der Waals surface area contributed by atoms with E-state index in [1.165, 1.54) is 249 Å². The minimum Gasteiger partial charge on any atom is -0.503 e. The number of hydrogen-bond donors (Lipinski definition) is 12. The molecule has 0 saturated heterocycles. The normalized spacial score (nSPS) is 10.7. The Morgan fingerprint density at radius 3 is 0.493 bits per heavy atom. The molecule has 0 fully saturated rings. The zero-order chi connectivity index (χ0) is 117. The van der Waals surface area contributed by atoms with Crippen molar-refractivity contribution >= 4 is 124 Å². The number of amides is 18. The first kappa shape index (κ1) is 161. The number of esters is 3. The van der Waals surface area contributed by atoms with Crippen LogP contribution in [0.5, 0.6) is 0 Å². The van der Waals surface area contributed by atoms with E-state index in [0.29, 0.717) is 59.3 Å². The minimum atomic E-state index is -0.821. The molecular weight excluding hydrogens is 2120 g/mol.